The molecule has 1 saturated heterocycles. The van der Waals surface area contributed by atoms with E-state index in [0.717, 1.165) is 57.4 Å². The van der Waals surface area contributed by atoms with E-state index in [1.807, 2.05) is 35.6 Å². The number of ketones is 1. The van der Waals surface area contributed by atoms with E-state index in [0.29, 0.717) is 29.9 Å². The molecule has 3 heterocycles. The first-order valence-electron chi connectivity index (χ1n) is 12.6. The van der Waals surface area contributed by atoms with Gasteiger partial charge in [0.25, 0.3) is 5.91 Å². The van der Waals surface area contributed by atoms with E-state index >= 15 is 0 Å². The third kappa shape index (κ3) is 5.64. The van der Waals surface area contributed by atoms with Gasteiger partial charge >= 0.3 is 0 Å². The molecule has 1 amide bonds. The van der Waals surface area contributed by atoms with Gasteiger partial charge in [-0.05, 0) is 89.5 Å². The van der Waals surface area contributed by atoms with Crippen LogP contribution in [0.25, 0.3) is 0 Å². The van der Waals surface area contributed by atoms with Gasteiger partial charge in [0.05, 0.1) is 5.71 Å². The highest BCUT2D eigenvalue weighted by Gasteiger charge is 2.31. The number of unbranched alkanes of at least 4 members (excludes halogenated alkanes) is 1. The van der Waals surface area contributed by atoms with Gasteiger partial charge in [0, 0.05) is 48.8 Å². The minimum absolute atomic E-state index is 0.00402. The monoisotopic (exact) mass is 482 g/mol. The molecule has 0 atom stereocenters. The van der Waals surface area contributed by atoms with Crippen LogP contribution in [0.15, 0.2) is 41.7 Å². The van der Waals surface area contributed by atoms with Gasteiger partial charge in [0.2, 0.25) is 0 Å². The van der Waals surface area contributed by atoms with Crippen molar-refractivity contribution in [2.75, 3.05) is 26.2 Å². The van der Waals surface area contributed by atoms with Crippen molar-refractivity contribution in [1.29, 1.82) is 0 Å². The summed E-state index contributed by atoms with van der Waals surface area (Å²) in [5.41, 5.74) is 2.50. The van der Waals surface area contributed by atoms with E-state index in [1.54, 1.807) is 12.1 Å². The first kappa shape index (κ1) is 25.1. The Balaban J connectivity index is 1.27. The number of carbonyl (C=O) groups is 2. The first-order chi connectivity index (χ1) is 16.9. The highest BCUT2D eigenvalue weighted by atomic mass is 19.1. The normalized spacial score (nSPS) is 18.8. The van der Waals surface area contributed by atoms with Gasteiger partial charge in [0.1, 0.15) is 11.5 Å². The number of fused-ring (bicyclic) bond motifs is 1. The van der Waals surface area contributed by atoms with Crippen LogP contribution in [0.5, 0.6) is 0 Å². The minimum atomic E-state index is -0.323. The zero-order valence-electron chi connectivity index (χ0n) is 20.6. The summed E-state index contributed by atoms with van der Waals surface area (Å²) in [6.07, 6.45) is 6.03. The third-order valence-electron chi connectivity index (χ3n) is 7.28. The van der Waals surface area contributed by atoms with Crippen LogP contribution in [0.4, 0.5) is 4.39 Å². The summed E-state index contributed by atoms with van der Waals surface area (Å²) in [4.78, 5) is 30.1. The molecule has 188 valence electrons. The Hall–Kier alpha value is -3.00. The predicted molar refractivity (Wildman–Crippen MR) is 133 cm³/mol. The Bertz CT molecular complexity index is 1070. The lowest BCUT2D eigenvalue weighted by Crippen LogP contribution is -2.38. The average Bonchev–Trinajstić information content (AvgIpc) is 3.21. The molecular formula is C27H35FN4O3. The van der Waals surface area contributed by atoms with Crippen molar-refractivity contribution in [3.8, 4) is 0 Å². The second kappa shape index (κ2) is 11.2. The molecule has 0 radical (unpaired) electrons. The van der Waals surface area contributed by atoms with Crippen molar-refractivity contribution in [3.05, 3.63) is 59.2 Å². The predicted octanol–water partition coefficient (Wildman–Crippen LogP) is 4.43. The van der Waals surface area contributed by atoms with Crippen LogP contribution in [0.2, 0.25) is 0 Å². The number of hydrogen-bond donors (Lipinski definition) is 1. The number of likely N-dealkylation sites (tertiary alicyclic amines) is 1. The quantitative estimate of drug-likeness (QED) is 0.261. The SMILES string of the molecule is CC(C)N1CC/C(=N\O)c2ccn(CCCCN3CCC(C(=O)c4ccc(F)cc4)CC3)c2C1=O. The largest absolute Gasteiger partial charge is 0.411 e. The van der Waals surface area contributed by atoms with E-state index in [4.69, 9.17) is 0 Å². The van der Waals surface area contributed by atoms with E-state index < -0.39 is 0 Å². The number of amides is 1. The van der Waals surface area contributed by atoms with Gasteiger partial charge < -0.3 is 19.6 Å². The molecule has 2 aromatic rings. The van der Waals surface area contributed by atoms with Gasteiger partial charge in [-0.3, -0.25) is 9.59 Å². The van der Waals surface area contributed by atoms with Crippen LogP contribution >= 0.6 is 0 Å². The number of benzene rings is 1. The molecule has 1 N–H and O–H groups in total. The number of aryl methyl sites for hydroxylation is 1. The Morgan fingerprint density at radius 3 is 2.43 bits per heavy atom. The summed E-state index contributed by atoms with van der Waals surface area (Å²) in [5, 5.41) is 12.9. The molecule has 1 aromatic carbocycles. The second-order valence-electron chi connectivity index (χ2n) is 9.85. The lowest BCUT2D eigenvalue weighted by molar-refractivity contribution is 0.0703. The van der Waals surface area contributed by atoms with Crippen LogP contribution in [0, 0.1) is 11.7 Å². The zero-order valence-corrected chi connectivity index (χ0v) is 20.6. The van der Waals surface area contributed by atoms with Crippen LogP contribution < -0.4 is 0 Å². The van der Waals surface area contributed by atoms with Crippen LogP contribution in [-0.4, -0.2) is 69.2 Å². The van der Waals surface area contributed by atoms with Crippen molar-refractivity contribution in [2.45, 2.75) is 58.5 Å². The number of Topliss-reactive ketones (excluding diaryl/α,β-unsaturated/α-hetero) is 1. The fraction of sp³-hybridized carbons (Fsp3) is 0.519. The molecular weight excluding hydrogens is 447 g/mol. The summed E-state index contributed by atoms with van der Waals surface area (Å²) in [6, 6.07) is 7.80. The molecule has 1 aromatic heterocycles. The van der Waals surface area contributed by atoms with Gasteiger partial charge in [-0.1, -0.05) is 5.16 Å². The number of aromatic nitrogens is 1. The second-order valence-corrected chi connectivity index (χ2v) is 9.85. The molecule has 2 aliphatic rings. The Kier molecular flexibility index (Phi) is 8.00. The van der Waals surface area contributed by atoms with E-state index in [-0.39, 0.29) is 29.5 Å². The van der Waals surface area contributed by atoms with Crippen LogP contribution in [-0.2, 0) is 6.54 Å². The molecule has 0 saturated carbocycles. The van der Waals surface area contributed by atoms with Crippen molar-refractivity contribution in [1.82, 2.24) is 14.4 Å². The van der Waals surface area contributed by atoms with Crippen molar-refractivity contribution < 1.29 is 19.2 Å². The van der Waals surface area contributed by atoms with E-state index in [1.165, 1.54) is 12.1 Å². The fourth-order valence-corrected chi connectivity index (χ4v) is 5.21. The van der Waals surface area contributed by atoms with Crippen LogP contribution in [0.1, 0.15) is 72.4 Å². The van der Waals surface area contributed by atoms with Gasteiger partial charge in [-0.2, -0.15) is 0 Å². The molecule has 0 unspecified atom stereocenters. The lowest BCUT2D eigenvalue weighted by Gasteiger charge is -2.31. The Labute approximate surface area is 206 Å². The molecule has 8 heteroatoms. The Morgan fingerprint density at radius 1 is 1.09 bits per heavy atom. The zero-order chi connectivity index (χ0) is 24.9. The highest BCUT2D eigenvalue weighted by Crippen LogP contribution is 2.24. The summed E-state index contributed by atoms with van der Waals surface area (Å²) in [5.74, 6) is -0.212. The maximum Gasteiger partial charge on any atom is 0.271 e. The standard InChI is InChI=1S/C27H35FN4O3/c1-19(2)32-18-12-24(29-35)23-11-17-31(25(23)27(32)34)14-4-3-13-30-15-9-21(10-16-30)26(33)20-5-7-22(28)8-6-20/h5-8,11,17,19,21,35H,3-4,9-10,12-16,18H2,1-2H3/b29-24+. The molecule has 4 rings (SSSR count). The highest BCUT2D eigenvalue weighted by molar-refractivity contribution is 6.11. The molecule has 0 bridgehead atoms. The summed E-state index contributed by atoms with van der Waals surface area (Å²) >= 11 is 0. The number of hydrogen-bond acceptors (Lipinski definition) is 5. The number of piperidine rings is 1. The lowest BCUT2D eigenvalue weighted by atomic mass is 9.89. The molecule has 0 aliphatic carbocycles. The number of rotatable bonds is 8. The smallest absolute Gasteiger partial charge is 0.271 e. The summed E-state index contributed by atoms with van der Waals surface area (Å²) in [7, 11) is 0. The van der Waals surface area contributed by atoms with Gasteiger partial charge in [-0.15, -0.1) is 0 Å². The third-order valence-corrected chi connectivity index (χ3v) is 7.28. The van der Waals surface area contributed by atoms with Crippen molar-refractivity contribution >= 4 is 17.4 Å². The maximum atomic E-state index is 13.2. The number of nitrogens with zero attached hydrogens (tertiary/aromatic N) is 4. The fourth-order valence-electron chi connectivity index (χ4n) is 5.21. The molecule has 7 nitrogen and oxygen atoms in total. The average molecular weight is 483 g/mol. The van der Waals surface area contributed by atoms with Gasteiger partial charge in [-0.25, -0.2) is 4.39 Å². The van der Waals surface area contributed by atoms with Crippen molar-refractivity contribution in [3.63, 3.8) is 0 Å². The van der Waals surface area contributed by atoms with E-state index in [2.05, 4.69) is 10.1 Å². The molecule has 35 heavy (non-hydrogen) atoms. The molecule has 1 fully saturated rings. The van der Waals surface area contributed by atoms with Gasteiger partial charge in [0.15, 0.2) is 5.78 Å². The maximum absolute atomic E-state index is 13.2. The first-order valence-corrected chi connectivity index (χ1v) is 12.6. The summed E-state index contributed by atoms with van der Waals surface area (Å²) < 4.78 is 15.1. The summed E-state index contributed by atoms with van der Waals surface area (Å²) in [6.45, 7) is 8.00. The minimum Gasteiger partial charge on any atom is -0.411 e. The molecule has 0 spiro atoms. The number of halogens is 1. The van der Waals surface area contributed by atoms with Crippen LogP contribution in [0.3, 0.4) is 0 Å². The molecule has 2 aliphatic heterocycles. The van der Waals surface area contributed by atoms with E-state index in [9.17, 15) is 19.2 Å². The van der Waals surface area contributed by atoms with Crippen molar-refractivity contribution in [2.24, 2.45) is 11.1 Å². The Morgan fingerprint density at radius 2 is 1.77 bits per heavy atom. The number of oxime groups is 1. The topological polar surface area (TPSA) is 78.1 Å². The number of carbonyl (C=O) groups excluding carboxylic acids is 2.